The average Bonchev–Trinajstić information content (AvgIpc) is 3.37. The normalized spacial score (nSPS) is 14.3. The number of carbonyl (C=O) groups is 1. The molecule has 9 heteroatoms. The van der Waals surface area contributed by atoms with E-state index in [1.165, 1.54) is 5.56 Å². The molecule has 3 aromatic rings. The molecule has 0 spiro atoms. The van der Waals surface area contributed by atoms with E-state index in [1.807, 2.05) is 25.1 Å². The summed E-state index contributed by atoms with van der Waals surface area (Å²) < 4.78 is 2.67. The Bertz CT molecular complexity index is 1200. The van der Waals surface area contributed by atoms with Gasteiger partial charge in [-0.05, 0) is 67.2 Å². The number of nitrogens with one attached hydrogen (secondary N) is 2. The van der Waals surface area contributed by atoms with E-state index in [9.17, 15) is 9.59 Å². The van der Waals surface area contributed by atoms with Crippen molar-refractivity contribution in [1.29, 1.82) is 0 Å². The second-order valence-electron chi connectivity index (χ2n) is 7.65. The lowest BCUT2D eigenvalue weighted by atomic mass is 10.1. The summed E-state index contributed by atoms with van der Waals surface area (Å²) >= 11 is 1.13. The molecule has 1 aliphatic heterocycles. The van der Waals surface area contributed by atoms with Gasteiger partial charge in [0.1, 0.15) is 16.4 Å². The van der Waals surface area contributed by atoms with Crippen LogP contribution in [0.25, 0.3) is 0 Å². The van der Waals surface area contributed by atoms with Crippen LogP contribution in [0.4, 0.5) is 16.4 Å². The number of benzene rings is 2. The van der Waals surface area contributed by atoms with Crippen LogP contribution in [0.5, 0.6) is 0 Å². The first-order chi connectivity index (χ1) is 15.5. The Labute approximate surface area is 189 Å². The Balaban J connectivity index is 1.51. The molecular weight excluding hydrogens is 426 g/mol. The lowest BCUT2D eigenvalue weighted by molar-refractivity contribution is 0.0989. The summed E-state index contributed by atoms with van der Waals surface area (Å²) in [6.45, 7) is 2.49. The fourth-order valence-corrected chi connectivity index (χ4v) is 4.47. The van der Waals surface area contributed by atoms with Crippen molar-refractivity contribution in [3.63, 3.8) is 0 Å². The molecule has 1 amide bonds. The second kappa shape index (κ2) is 9.37. The number of rotatable bonds is 7. The number of nitrogens with two attached hydrogens (primary N) is 1. The van der Waals surface area contributed by atoms with Crippen LogP contribution in [-0.2, 0) is 6.42 Å². The van der Waals surface area contributed by atoms with Crippen LogP contribution in [0.2, 0.25) is 0 Å². The molecule has 2 aromatic carbocycles. The molecule has 8 nitrogen and oxygen atoms in total. The van der Waals surface area contributed by atoms with Gasteiger partial charge >= 0.3 is 0 Å². The van der Waals surface area contributed by atoms with Crippen molar-refractivity contribution in [1.82, 2.24) is 4.37 Å². The highest BCUT2D eigenvalue weighted by Gasteiger charge is 2.25. The summed E-state index contributed by atoms with van der Waals surface area (Å²) in [4.78, 5) is 31.4. The molecule has 0 fully saturated rings. The van der Waals surface area contributed by atoms with E-state index in [1.54, 1.807) is 29.2 Å². The monoisotopic (exact) mass is 451 g/mol. The van der Waals surface area contributed by atoms with Crippen molar-refractivity contribution in [2.45, 2.75) is 25.8 Å². The van der Waals surface area contributed by atoms with E-state index in [0.29, 0.717) is 23.5 Å². The number of hydrogen-bond donors (Lipinski definition) is 4. The molecule has 32 heavy (non-hydrogen) atoms. The highest BCUT2D eigenvalue weighted by Crippen LogP contribution is 2.29. The molecule has 5 N–H and O–H groups in total. The van der Waals surface area contributed by atoms with Gasteiger partial charge < -0.3 is 21.1 Å². The van der Waals surface area contributed by atoms with Crippen molar-refractivity contribution < 1.29 is 9.90 Å². The molecule has 1 aromatic heterocycles. The first-order valence-electron chi connectivity index (χ1n) is 10.4. The van der Waals surface area contributed by atoms with Crippen LogP contribution in [0.3, 0.4) is 0 Å². The number of aliphatic hydroxyl groups excluding tert-OH is 1. The third-order valence-corrected chi connectivity index (χ3v) is 6.18. The van der Waals surface area contributed by atoms with Gasteiger partial charge in [-0.3, -0.25) is 19.0 Å². The topological polar surface area (TPSA) is 124 Å². The summed E-state index contributed by atoms with van der Waals surface area (Å²) in [7, 11) is 0. The predicted molar refractivity (Wildman–Crippen MR) is 128 cm³/mol. The number of fused-ring (bicyclic) bond motifs is 1. The van der Waals surface area contributed by atoms with E-state index >= 15 is 0 Å². The van der Waals surface area contributed by atoms with Crippen LogP contribution < -0.4 is 21.5 Å². The van der Waals surface area contributed by atoms with Gasteiger partial charge in [0.25, 0.3) is 11.5 Å². The first kappa shape index (κ1) is 21.8. The summed E-state index contributed by atoms with van der Waals surface area (Å²) in [5.74, 6) is 0.0817. The minimum absolute atomic E-state index is 0.00285. The third kappa shape index (κ3) is 4.44. The maximum atomic E-state index is 13.0. The Kier molecular flexibility index (Phi) is 6.38. The number of amidine groups is 1. The number of para-hydroxylation sites is 1. The predicted octanol–water partition coefficient (Wildman–Crippen LogP) is 2.86. The van der Waals surface area contributed by atoms with Crippen molar-refractivity contribution in [3.05, 3.63) is 75.6 Å². The molecule has 0 saturated heterocycles. The molecule has 2 heterocycles. The number of aromatic nitrogens is 1. The Morgan fingerprint density at radius 3 is 2.78 bits per heavy atom. The Morgan fingerprint density at radius 1 is 1.28 bits per heavy atom. The summed E-state index contributed by atoms with van der Waals surface area (Å²) in [5.41, 5.74) is 9.47. The standard InChI is InChI=1S/C23H25N5O3S/c1-14(11-13-29)25-20(24)19-21(30)27-32-22(19)26-17-8-6-16(7-9-17)23(31)28-12-10-15-4-2-3-5-18(15)28/h2-9,14,26,29H,10-13H2,1H3,(H2,24,25)(H,27,30). The maximum Gasteiger partial charge on any atom is 0.271 e. The van der Waals surface area contributed by atoms with Gasteiger partial charge in [0.05, 0.1) is 6.04 Å². The van der Waals surface area contributed by atoms with E-state index in [-0.39, 0.29) is 35.5 Å². The van der Waals surface area contributed by atoms with Gasteiger partial charge in [-0.2, -0.15) is 0 Å². The molecule has 0 radical (unpaired) electrons. The third-order valence-electron chi connectivity index (χ3n) is 5.38. The zero-order valence-electron chi connectivity index (χ0n) is 17.7. The lowest BCUT2D eigenvalue weighted by Gasteiger charge is -2.17. The smallest absolute Gasteiger partial charge is 0.271 e. The van der Waals surface area contributed by atoms with Crippen molar-refractivity contribution >= 4 is 39.7 Å². The average molecular weight is 452 g/mol. The van der Waals surface area contributed by atoms with Crippen molar-refractivity contribution in [2.24, 2.45) is 10.7 Å². The fraction of sp³-hybridized carbons (Fsp3) is 0.261. The molecule has 0 saturated carbocycles. The number of aliphatic hydroxyl groups is 1. The molecule has 4 rings (SSSR count). The van der Waals surface area contributed by atoms with Gasteiger partial charge in [0.15, 0.2) is 0 Å². The zero-order chi connectivity index (χ0) is 22.7. The van der Waals surface area contributed by atoms with Gasteiger partial charge in [0.2, 0.25) is 0 Å². The van der Waals surface area contributed by atoms with Crippen LogP contribution in [0.15, 0.2) is 58.3 Å². The minimum atomic E-state index is -0.325. The largest absolute Gasteiger partial charge is 0.396 e. The van der Waals surface area contributed by atoms with E-state index in [0.717, 1.165) is 29.3 Å². The number of nitrogens with zero attached hydrogens (tertiary/aromatic N) is 2. The molecule has 166 valence electrons. The number of H-pyrrole nitrogens is 1. The number of hydrogen-bond acceptors (Lipinski definition) is 6. The fourth-order valence-electron chi connectivity index (χ4n) is 3.71. The van der Waals surface area contributed by atoms with Crippen molar-refractivity contribution in [3.8, 4) is 0 Å². The van der Waals surface area contributed by atoms with Gasteiger partial charge in [-0.25, -0.2) is 0 Å². The maximum absolute atomic E-state index is 13.0. The van der Waals surface area contributed by atoms with Crippen LogP contribution in [-0.4, -0.2) is 40.4 Å². The SMILES string of the molecule is CC(CCO)N=C(N)c1c(Nc2ccc(C(=O)N3CCc4ccccc43)cc2)s[nH]c1=O. The molecule has 0 bridgehead atoms. The van der Waals surface area contributed by atoms with Crippen LogP contribution in [0.1, 0.15) is 34.8 Å². The second-order valence-corrected chi connectivity index (χ2v) is 8.47. The Hall–Kier alpha value is -3.43. The highest BCUT2D eigenvalue weighted by molar-refractivity contribution is 7.10. The number of amides is 1. The summed E-state index contributed by atoms with van der Waals surface area (Å²) in [5, 5.41) is 12.8. The Morgan fingerprint density at radius 2 is 2.03 bits per heavy atom. The van der Waals surface area contributed by atoms with Gasteiger partial charge in [-0.1, -0.05) is 18.2 Å². The summed E-state index contributed by atoms with van der Waals surface area (Å²) in [6.07, 6.45) is 1.32. The van der Waals surface area contributed by atoms with Crippen LogP contribution >= 0.6 is 11.5 Å². The molecular formula is C23H25N5O3S. The molecule has 1 aliphatic rings. The number of aliphatic imine (C=N–C) groups is 1. The molecule has 0 aliphatic carbocycles. The summed E-state index contributed by atoms with van der Waals surface area (Å²) in [6, 6.07) is 14.9. The first-order valence-corrected chi connectivity index (χ1v) is 11.2. The quantitative estimate of drug-likeness (QED) is 0.325. The van der Waals surface area contributed by atoms with E-state index in [4.69, 9.17) is 10.8 Å². The number of carbonyl (C=O) groups excluding carboxylic acids is 1. The molecule has 1 unspecified atom stereocenters. The van der Waals surface area contributed by atoms with Crippen molar-refractivity contribution in [2.75, 3.05) is 23.4 Å². The van der Waals surface area contributed by atoms with Gasteiger partial charge in [-0.15, -0.1) is 0 Å². The number of anilines is 3. The van der Waals surface area contributed by atoms with Crippen LogP contribution in [0, 0.1) is 0 Å². The number of aromatic amines is 1. The van der Waals surface area contributed by atoms with Gasteiger partial charge in [0, 0.05) is 30.1 Å². The lowest BCUT2D eigenvalue weighted by Crippen LogP contribution is -2.28. The van der Waals surface area contributed by atoms with E-state index < -0.39 is 0 Å². The zero-order valence-corrected chi connectivity index (χ0v) is 18.5. The highest BCUT2D eigenvalue weighted by atomic mass is 32.1. The van der Waals surface area contributed by atoms with E-state index in [2.05, 4.69) is 20.7 Å². The molecule has 1 atom stereocenters. The minimum Gasteiger partial charge on any atom is -0.396 e.